The van der Waals surface area contributed by atoms with Gasteiger partial charge in [0.1, 0.15) is 5.71 Å². The van der Waals surface area contributed by atoms with Crippen LogP contribution in [0.5, 0.6) is 0 Å². The average Bonchev–Trinajstić information content (AvgIpc) is 2.71. The van der Waals surface area contributed by atoms with Crippen LogP contribution in [0.3, 0.4) is 0 Å². The minimum absolute atomic E-state index is 0.246. The topological polar surface area (TPSA) is 76.7 Å². The number of hydrogen-bond donors (Lipinski definition) is 1. The molecule has 0 aromatic carbocycles. The van der Waals surface area contributed by atoms with E-state index in [4.69, 9.17) is 5.21 Å². The average molecular weight is 209 g/mol. The first-order chi connectivity index (χ1) is 7.26. The van der Waals surface area contributed by atoms with Gasteiger partial charge >= 0.3 is 5.97 Å². The van der Waals surface area contributed by atoms with Crippen LogP contribution < -0.4 is 0 Å². The van der Waals surface area contributed by atoms with Crippen LogP contribution in [0.25, 0.3) is 0 Å². The number of methoxy groups -OCH3 is 1. The van der Waals surface area contributed by atoms with Crippen LogP contribution in [0.2, 0.25) is 0 Å². The van der Waals surface area contributed by atoms with Crippen LogP contribution in [0.15, 0.2) is 11.2 Å². The van der Waals surface area contributed by atoms with Crippen molar-refractivity contribution in [2.24, 2.45) is 5.16 Å². The fourth-order valence-corrected chi connectivity index (χ4v) is 1.65. The maximum atomic E-state index is 11.2. The predicted molar refractivity (Wildman–Crippen MR) is 51.1 cm³/mol. The Hall–Kier alpha value is -1.85. The summed E-state index contributed by atoms with van der Waals surface area (Å²) in [5.74, 6) is -0.478. The molecule has 0 unspecified atom stereocenters. The van der Waals surface area contributed by atoms with E-state index in [1.807, 2.05) is 0 Å². The Morgan fingerprint density at radius 3 is 3.20 bits per heavy atom. The summed E-state index contributed by atoms with van der Waals surface area (Å²) < 4.78 is 6.22. The fraction of sp³-hybridized carbons (Fsp3) is 0.444. The lowest BCUT2D eigenvalue weighted by atomic mass is 10.1. The second-order valence-electron chi connectivity index (χ2n) is 3.28. The van der Waals surface area contributed by atoms with Gasteiger partial charge in [-0.1, -0.05) is 5.16 Å². The van der Waals surface area contributed by atoms with Crippen LogP contribution in [0.1, 0.15) is 29.0 Å². The Balaban J connectivity index is 2.42. The zero-order valence-corrected chi connectivity index (χ0v) is 8.30. The lowest BCUT2D eigenvalue weighted by molar-refractivity contribution is 0.0593. The second-order valence-corrected chi connectivity index (χ2v) is 3.28. The number of aromatic nitrogens is 2. The molecule has 1 aromatic heterocycles. The normalized spacial score (nSPS) is 17.5. The van der Waals surface area contributed by atoms with Gasteiger partial charge in [-0.3, -0.25) is 4.68 Å². The van der Waals surface area contributed by atoms with E-state index < -0.39 is 5.97 Å². The third-order valence-electron chi connectivity index (χ3n) is 2.37. The molecule has 6 heteroatoms. The number of carbonyl (C=O) groups excluding carboxylic acids is 1. The minimum atomic E-state index is -0.478. The molecule has 80 valence electrons. The number of esters is 1. The van der Waals surface area contributed by atoms with E-state index in [1.165, 1.54) is 7.11 Å². The van der Waals surface area contributed by atoms with Crippen molar-refractivity contribution in [3.05, 3.63) is 17.5 Å². The van der Waals surface area contributed by atoms with Gasteiger partial charge in [-0.25, -0.2) is 4.79 Å². The fourth-order valence-electron chi connectivity index (χ4n) is 1.65. The highest BCUT2D eigenvalue weighted by Crippen LogP contribution is 2.16. The molecule has 0 fully saturated rings. The molecule has 0 spiro atoms. The van der Waals surface area contributed by atoms with Crippen molar-refractivity contribution < 1.29 is 14.7 Å². The van der Waals surface area contributed by atoms with Gasteiger partial charge in [0.2, 0.25) is 0 Å². The summed E-state index contributed by atoms with van der Waals surface area (Å²) in [7, 11) is 1.31. The number of carbonyl (C=O) groups is 1. The van der Waals surface area contributed by atoms with E-state index in [-0.39, 0.29) is 5.69 Å². The molecule has 0 saturated carbocycles. The molecule has 0 aliphatic carbocycles. The number of fused-ring (bicyclic) bond motifs is 1. The van der Waals surface area contributed by atoms with Gasteiger partial charge in [-0.05, 0) is 12.8 Å². The van der Waals surface area contributed by atoms with E-state index in [0.29, 0.717) is 17.8 Å². The summed E-state index contributed by atoms with van der Waals surface area (Å²) in [6, 6.07) is 1.58. The van der Waals surface area contributed by atoms with E-state index >= 15 is 0 Å². The lowest BCUT2D eigenvalue weighted by Gasteiger charge is -2.13. The summed E-state index contributed by atoms with van der Waals surface area (Å²) in [6.07, 6.45) is 1.55. The summed E-state index contributed by atoms with van der Waals surface area (Å²) in [4.78, 5) is 11.2. The van der Waals surface area contributed by atoms with Crippen LogP contribution >= 0.6 is 0 Å². The van der Waals surface area contributed by atoms with Gasteiger partial charge in [0.15, 0.2) is 5.69 Å². The van der Waals surface area contributed by atoms with Gasteiger partial charge in [0.05, 0.1) is 12.8 Å². The predicted octanol–water partition coefficient (Wildman–Crippen LogP) is 0.642. The van der Waals surface area contributed by atoms with Gasteiger partial charge in [0.25, 0.3) is 0 Å². The first kappa shape index (κ1) is 9.70. The van der Waals surface area contributed by atoms with Gasteiger partial charge in [0, 0.05) is 12.6 Å². The molecule has 6 nitrogen and oxygen atoms in total. The molecule has 1 N–H and O–H groups in total. The Labute approximate surface area is 86.1 Å². The number of rotatable bonds is 1. The molecular weight excluding hydrogens is 198 g/mol. The highest BCUT2D eigenvalue weighted by Gasteiger charge is 2.21. The summed E-state index contributed by atoms with van der Waals surface area (Å²) in [6.45, 7) is 0.728. The maximum absolute atomic E-state index is 11.2. The molecule has 0 saturated heterocycles. The van der Waals surface area contributed by atoms with Crippen molar-refractivity contribution in [1.29, 1.82) is 0 Å². The van der Waals surface area contributed by atoms with Crippen LogP contribution in [-0.4, -0.2) is 33.8 Å². The zero-order valence-electron chi connectivity index (χ0n) is 8.30. The molecule has 2 rings (SSSR count). The van der Waals surface area contributed by atoms with Crippen molar-refractivity contribution >= 4 is 11.7 Å². The molecule has 1 aliphatic rings. The molecular formula is C9H11N3O3. The van der Waals surface area contributed by atoms with Crippen molar-refractivity contribution in [1.82, 2.24) is 9.78 Å². The van der Waals surface area contributed by atoms with Crippen molar-refractivity contribution in [3.63, 3.8) is 0 Å². The Kier molecular flexibility index (Phi) is 2.40. The summed E-state index contributed by atoms with van der Waals surface area (Å²) >= 11 is 0. The molecule has 15 heavy (non-hydrogen) atoms. The Bertz CT molecular complexity index is 422. The maximum Gasteiger partial charge on any atom is 0.358 e. The standard InChI is InChI=1S/C9H11N3O3/c1-15-9(13)7-5-8-6(11-14)3-2-4-12(8)10-7/h5,14H,2-4H2,1H3/b11-6+. The van der Waals surface area contributed by atoms with E-state index in [9.17, 15) is 4.79 Å². The Morgan fingerprint density at radius 1 is 1.73 bits per heavy atom. The third-order valence-corrected chi connectivity index (χ3v) is 2.37. The lowest BCUT2D eigenvalue weighted by Crippen LogP contribution is -2.18. The largest absolute Gasteiger partial charge is 0.464 e. The third kappa shape index (κ3) is 1.58. The molecule has 1 aliphatic heterocycles. The van der Waals surface area contributed by atoms with Gasteiger partial charge in [-0.2, -0.15) is 5.10 Å². The zero-order chi connectivity index (χ0) is 10.8. The SMILES string of the molecule is COC(=O)c1cc2n(n1)CCC/C2=N\O. The highest BCUT2D eigenvalue weighted by molar-refractivity contribution is 6.01. The molecule has 0 radical (unpaired) electrons. The first-order valence-corrected chi connectivity index (χ1v) is 4.63. The molecule has 0 bridgehead atoms. The van der Waals surface area contributed by atoms with Crippen LogP contribution in [0.4, 0.5) is 0 Å². The van der Waals surface area contributed by atoms with Crippen molar-refractivity contribution in [2.75, 3.05) is 7.11 Å². The number of hydrogen-bond acceptors (Lipinski definition) is 5. The number of ether oxygens (including phenoxy) is 1. The molecule has 2 heterocycles. The molecule has 1 aromatic rings. The van der Waals surface area contributed by atoms with Crippen molar-refractivity contribution in [2.45, 2.75) is 19.4 Å². The van der Waals surface area contributed by atoms with Crippen LogP contribution in [0, 0.1) is 0 Å². The van der Waals surface area contributed by atoms with E-state index in [2.05, 4.69) is 15.0 Å². The first-order valence-electron chi connectivity index (χ1n) is 4.63. The quantitative estimate of drug-likeness (QED) is 0.418. The highest BCUT2D eigenvalue weighted by atomic mass is 16.5. The van der Waals surface area contributed by atoms with E-state index in [0.717, 1.165) is 13.0 Å². The molecule has 0 atom stereocenters. The number of oxime groups is 1. The number of nitrogens with zero attached hydrogens (tertiary/aromatic N) is 3. The van der Waals surface area contributed by atoms with Crippen LogP contribution in [-0.2, 0) is 11.3 Å². The van der Waals surface area contributed by atoms with Gasteiger partial charge in [-0.15, -0.1) is 0 Å². The monoisotopic (exact) mass is 209 g/mol. The van der Waals surface area contributed by atoms with Gasteiger partial charge < -0.3 is 9.94 Å². The Morgan fingerprint density at radius 2 is 2.53 bits per heavy atom. The smallest absolute Gasteiger partial charge is 0.358 e. The molecule has 0 amide bonds. The summed E-state index contributed by atoms with van der Waals surface area (Å²) in [5, 5.41) is 16.0. The van der Waals surface area contributed by atoms with E-state index in [1.54, 1.807) is 10.7 Å². The second kappa shape index (κ2) is 3.72. The summed E-state index contributed by atoms with van der Waals surface area (Å²) in [5.41, 5.74) is 1.49. The van der Waals surface area contributed by atoms with Crippen molar-refractivity contribution in [3.8, 4) is 0 Å². The number of aryl methyl sites for hydroxylation is 1. The minimum Gasteiger partial charge on any atom is -0.464 e.